The molecule has 0 aromatic carbocycles. The standard InChI is InChI=1S/C9H12/c1-6-7(2)9-4-3-8(6)5-9/h3,7,9H,1,4-5H2,2H3. The summed E-state index contributed by atoms with van der Waals surface area (Å²) in [5, 5.41) is 0. The van der Waals surface area contributed by atoms with Crippen LogP contribution in [0.15, 0.2) is 23.8 Å². The first-order valence-corrected chi connectivity index (χ1v) is 3.67. The lowest BCUT2D eigenvalue weighted by molar-refractivity contribution is 0.469. The molecule has 2 aliphatic carbocycles. The van der Waals surface area contributed by atoms with Crippen LogP contribution in [0.5, 0.6) is 0 Å². The quantitative estimate of drug-likeness (QED) is 0.461. The SMILES string of the molecule is C=C1C2=CCC(C2)C1C. The van der Waals surface area contributed by atoms with E-state index in [0.717, 1.165) is 11.8 Å². The molecule has 0 heterocycles. The summed E-state index contributed by atoms with van der Waals surface area (Å²) in [5.41, 5.74) is 2.96. The Labute approximate surface area is 56.3 Å². The van der Waals surface area contributed by atoms with Gasteiger partial charge in [0.1, 0.15) is 0 Å². The molecule has 2 rings (SSSR count). The molecule has 0 aliphatic heterocycles. The molecule has 2 unspecified atom stereocenters. The van der Waals surface area contributed by atoms with E-state index in [-0.39, 0.29) is 0 Å². The molecule has 0 nitrogen and oxygen atoms in total. The summed E-state index contributed by atoms with van der Waals surface area (Å²) in [4.78, 5) is 0. The Bertz CT molecular complexity index is 186. The number of hydrogen-bond donors (Lipinski definition) is 0. The fourth-order valence-electron chi connectivity index (χ4n) is 1.96. The van der Waals surface area contributed by atoms with Gasteiger partial charge in [0.25, 0.3) is 0 Å². The highest BCUT2D eigenvalue weighted by atomic mass is 14.4. The number of fused-ring (bicyclic) bond motifs is 2. The summed E-state index contributed by atoms with van der Waals surface area (Å²) in [6.45, 7) is 6.35. The minimum absolute atomic E-state index is 0.782. The second-order valence-electron chi connectivity index (χ2n) is 3.24. The third-order valence-corrected chi connectivity index (χ3v) is 2.82. The molecule has 2 atom stereocenters. The lowest BCUT2D eigenvalue weighted by Crippen LogP contribution is -2.03. The van der Waals surface area contributed by atoms with Gasteiger partial charge in [-0.25, -0.2) is 0 Å². The van der Waals surface area contributed by atoms with Crippen molar-refractivity contribution in [3.63, 3.8) is 0 Å². The van der Waals surface area contributed by atoms with Crippen molar-refractivity contribution >= 4 is 0 Å². The van der Waals surface area contributed by atoms with Crippen LogP contribution in [0, 0.1) is 11.8 Å². The number of allylic oxidation sites excluding steroid dienone is 3. The summed E-state index contributed by atoms with van der Waals surface area (Å²) in [6, 6.07) is 0. The van der Waals surface area contributed by atoms with E-state index in [9.17, 15) is 0 Å². The fraction of sp³-hybridized carbons (Fsp3) is 0.556. The summed E-state index contributed by atoms with van der Waals surface area (Å²) in [6.07, 6.45) is 4.99. The lowest BCUT2D eigenvalue weighted by Gasteiger charge is -2.14. The molecule has 0 aromatic heterocycles. The first-order valence-electron chi connectivity index (χ1n) is 3.67. The van der Waals surface area contributed by atoms with Crippen molar-refractivity contribution in [3.05, 3.63) is 23.8 Å². The maximum Gasteiger partial charge on any atom is -0.0159 e. The van der Waals surface area contributed by atoms with Gasteiger partial charge in [0.15, 0.2) is 0 Å². The normalized spacial score (nSPS) is 39.7. The minimum atomic E-state index is 0.782. The van der Waals surface area contributed by atoms with Crippen molar-refractivity contribution in [2.24, 2.45) is 11.8 Å². The maximum atomic E-state index is 4.05. The molecule has 0 N–H and O–H groups in total. The molecular formula is C9H12. The third kappa shape index (κ3) is 0.536. The number of rotatable bonds is 0. The molecule has 2 bridgehead atoms. The highest BCUT2D eigenvalue weighted by Gasteiger charge is 2.33. The van der Waals surface area contributed by atoms with E-state index in [1.807, 2.05) is 0 Å². The van der Waals surface area contributed by atoms with Crippen molar-refractivity contribution in [2.45, 2.75) is 19.8 Å². The minimum Gasteiger partial charge on any atom is -0.0953 e. The van der Waals surface area contributed by atoms with Crippen molar-refractivity contribution < 1.29 is 0 Å². The molecule has 1 fully saturated rings. The van der Waals surface area contributed by atoms with Gasteiger partial charge in [-0.2, -0.15) is 0 Å². The smallest absolute Gasteiger partial charge is 0.0159 e. The van der Waals surface area contributed by atoms with Crippen molar-refractivity contribution in [2.75, 3.05) is 0 Å². The Kier molecular flexibility index (Phi) is 0.879. The fourth-order valence-corrected chi connectivity index (χ4v) is 1.96. The average Bonchev–Trinajstić information content (AvgIpc) is 2.37. The zero-order valence-electron chi connectivity index (χ0n) is 5.85. The van der Waals surface area contributed by atoms with Crippen LogP contribution in [0.25, 0.3) is 0 Å². The van der Waals surface area contributed by atoms with Gasteiger partial charge < -0.3 is 0 Å². The van der Waals surface area contributed by atoms with Crippen molar-refractivity contribution in [3.8, 4) is 0 Å². The van der Waals surface area contributed by atoms with Crippen LogP contribution in [0.2, 0.25) is 0 Å². The molecule has 1 saturated carbocycles. The maximum absolute atomic E-state index is 4.05. The van der Waals surface area contributed by atoms with E-state index in [2.05, 4.69) is 19.6 Å². The average molecular weight is 120 g/mol. The van der Waals surface area contributed by atoms with Crippen LogP contribution in [-0.4, -0.2) is 0 Å². The first-order chi connectivity index (χ1) is 4.29. The van der Waals surface area contributed by atoms with Gasteiger partial charge in [-0.3, -0.25) is 0 Å². The molecule has 0 amide bonds. The van der Waals surface area contributed by atoms with Crippen LogP contribution in [0.3, 0.4) is 0 Å². The Morgan fingerprint density at radius 3 is 2.78 bits per heavy atom. The zero-order valence-corrected chi connectivity index (χ0v) is 5.85. The first kappa shape index (κ1) is 5.28. The van der Waals surface area contributed by atoms with Gasteiger partial charge in [-0.05, 0) is 35.8 Å². The topological polar surface area (TPSA) is 0 Å². The predicted octanol–water partition coefficient (Wildman–Crippen LogP) is 2.53. The van der Waals surface area contributed by atoms with Crippen LogP contribution in [0.4, 0.5) is 0 Å². The second kappa shape index (κ2) is 1.50. The third-order valence-electron chi connectivity index (χ3n) is 2.82. The zero-order chi connectivity index (χ0) is 6.43. The van der Waals surface area contributed by atoms with Crippen LogP contribution >= 0.6 is 0 Å². The molecule has 0 spiro atoms. The molecule has 9 heavy (non-hydrogen) atoms. The lowest BCUT2D eigenvalue weighted by atomic mass is 9.91. The van der Waals surface area contributed by atoms with Crippen LogP contribution in [0.1, 0.15) is 19.8 Å². The van der Waals surface area contributed by atoms with E-state index in [0.29, 0.717) is 0 Å². The second-order valence-corrected chi connectivity index (χ2v) is 3.24. The Hall–Kier alpha value is -0.520. The summed E-state index contributed by atoms with van der Waals surface area (Å²) >= 11 is 0. The highest BCUT2D eigenvalue weighted by Crippen LogP contribution is 2.46. The van der Waals surface area contributed by atoms with Gasteiger partial charge in [0.2, 0.25) is 0 Å². The van der Waals surface area contributed by atoms with Crippen LogP contribution < -0.4 is 0 Å². The van der Waals surface area contributed by atoms with Gasteiger partial charge in [0, 0.05) is 0 Å². The van der Waals surface area contributed by atoms with Gasteiger partial charge in [0.05, 0.1) is 0 Å². The monoisotopic (exact) mass is 120 g/mol. The molecule has 2 aliphatic rings. The molecule has 0 radical (unpaired) electrons. The van der Waals surface area contributed by atoms with Crippen LogP contribution in [-0.2, 0) is 0 Å². The van der Waals surface area contributed by atoms with Gasteiger partial charge in [-0.15, -0.1) is 0 Å². The molecule has 48 valence electrons. The Morgan fingerprint density at radius 2 is 2.44 bits per heavy atom. The van der Waals surface area contributed by atoms with E-state index < -0.39 is 0 Å². The highest BCUT2D eigenvalue weighted by molar-refractivity contribution is 5.40. The van der Waals surface area contributed by atoms with E-state index >= 15 is 0 Å². The van der Waals surface area contributed by atoms with Crippen molar-refractivity contribution in [1.82, 2.24) is 0 Å². The Morgan fingerprint density at radius 1 is 1.67 bits per heavy atom. The van der Waals surface area contributed by atoms with E-state index in [4.69, 9.17) is 0 Å². The van der Waals surface area contributed by atoms with Gasteiger partial charge in [-0.1, -0.05) is 19.6 Å². The molecular weight excluding hydrogens is 108 g/mol. The van der Waals surface area contributed by atoms with Gasteiger partial charge >= 0.3 is 0 Å². The Balaban J connectivity index is 2.39. The number of hydrogen-bond acceptors (Lipinski definition) is 0. The van der Waals surface area contributed by atoms with Crippen molar-refractivity contribution in [1.29, 1.82) is 0 Å². The predicted molar refractivity (Wildman–Crippen MR) is 39.1 cm³/mol. The van der Waals surface area contributed by atoms with E-state index in [1.165, 1.54) is 18.4 Å². The molecule has 0 heteroatoms. The summed E-state index contributed by atoms with van der Waals surface area (Å²) in [7, 11) is 0. The summed E-state index contributed by atoms with van der Waals surface area (Å²) in [5.74, 6) is 1.71. The largest absolute Gasteiger partial charge is 0.0953 e. The van der Waals surface area contributed by atoms with E-state index in [1.54, 1.807) is 5.57 Å². The molecule has 0 saturated heterocycles. The molecule has 0 aromatic rings. The summed E-state index contributed by atoms with van der Waals surface area (Å²) < 4.78 is 0.